The summed E-state index contributed by atoms with van der Waals surface area (Å²) >= 11 is 0. The van der Waals surface area contributed by atoms with Crippen LogP contribution in [0.2, 0.25) is 0 Å². The van der Waals surface area contributed by atoms with Crippen molar-refractivity contribution in [1.29, 1.82) is 0 Å². The first-order valence-electron chi connectivity index (χ1n) is 8.80. The fraction of sp³-hybridized carbons (Fsp3) is 0.667. The van der Waals surface area contributed by atoms with Crippen LogP contribution in [-0.4, -0.2) is 23.3 Å². The van der Waals surface area contributed by atoms with Gasteiger partial charge in [-0.25, -0.2) is 0 Å². The molecule has 0 aliphatic heterocycles. The molecule has 132 valence electrons. The molecule has 0 unspecified atom stereocenters. The van der Waals surface area contributed by atoms with E-state index in [1.807, 2.05) is 13.2 Å². The first-order chi connectivity index (χ1) is 10.5. The highest BCUT2D eigenvalue weighted by molar-refractivity contribution is 5.96. The van der Waals surface area contributed by atoms with E-state index >= 15 is 0 Å². The van der Waals surface area contributed by atoms with Crippen LogP contribution >= 0.6 is 0 Å². The van der Waals surface area contributed by atoms with Gasteiger partial charge < -0.3 is 4.90 Å². The van der Waals surface area contributed by atoms with Gasteiger partial charge in [-0.2, -0.15) is 0 Å². The second kappa shape index (κ2) is 9.75. The molecule has 0 saturated heterocycles. The van der Waals surface area contributed by atoms with Crippen LogP contribution in [-0.2, 0) is 4.79 Å². The minimum atomic E-state index is -0.129. The maximum atomic E-state index is 12.7. The number of hydrogen-bond acceptors (Lipinski definition) is 2. The van der Waals surface area contributed by atoms with Gasteiger partial charge in [0.05, 0.1) is 0 Å². The molecule has 2 nitrogen and oxygen atoms in total. The minimum absolute atomic E-state index is 0.0190. The van der Waals surface area contributed by atoms with Gasteiger partial charge >= 0.3 is 0 Å². The van der Waals surface area contributed by atoms with Crippen LogP contribution in [0.1, 0.15) is 74.1 Å². The van der Waals surface area contributed by atoms with Gasteiger partial charge in [-0.15, -0.1) is 0 Å². The summed E-state index contributed by atoms with van der Waals surface area (Å²) in [5, 5.41) is 0. The lowest BCUT2D eigenvalue weighted by molar-refractivity contribution is -0.116. The molecule has 0 heterocycles. The SMILES string of the molecule is CC/C=C\C=C/CCCC(=O)/C(=C/N(C)C(C)(C)C)C(C)(C)C. The Hall–Kier alpha value is -1.31. The summed E-state index contributed by atoms with van der Waals surface area (Å²) in [6, 6.07) is 0. The predicted octanol–water partition coefficient (Wildman–Crippen LogP) is 5.91. The molecule has 0 N–H and O–H groups in total. The lowest BCUT2D eigenvalue weighted by atomic mass is 9.82. The van der Waals surface area contributed by atoms with Gasteiger partial charge in [-0.1, -0.05) is 52.0 Å². The van der Waals surface area contributed by atoms with Crippen molar-refractivity contribution in [3.05, 3.63) is 36.1 Å². The van der Waals surface area contributed by atoms with E-state index in [-0.39, 0.29) is 16.7 Å². The number of carbonyl (C=O) groups is 1. The van der Waals surface area contributed by atoms with E-state index in [1.54, 1.807) is 0 Å². The molecular weight excluding hydrogens is 282 g/mol. The summed E-state index contributed by atoms with van der Waals surface area (Å²) in [5.74, 6) is 0.270. The predicted molar refractivity (Wildman–Crippen MR) is 102 cm³/mol. The van der Waals surface area contributed by atoms with Gasteiger partial charge in [0.15, 0.2) is 5.78 Å². The number of rotatable bonds is 8. The fourth-order valence-corrected chi connectivity index (χ4v) is 1.98. The van der Waals surface area contributed by atoms with Crippen molar-refractivity contribution in [2.24, 2.45) is 5.41 Å². The van der Waals surface area contributed by atoms with Crippen LogP contribution < -0.4 is 0 Å². The standard InChI is InChI=1S/C21H37NO/c1-9-10-11-12-13-14-15-16-19(23)18(20(2,3)4)17-22(8)21(5,6)7/h10-13,17H,9,14-16H2,1-8H3/b11-10-,13-12-,18-17-. The number of carbonyl (C=O) groups excluding carboxylic acids is 1. The molecule has 0 aromatic heterocycles. The molecule has 0 saturated carbocycles. The van der Waals surface area contributed by atoms with Gasteiger partial charge in [0.25, 0.3) is 0 Å². The highest BCUT2D eigenvalue weighted by Gasteiger charge is 2.25. The van der Waals surface area contributed by atoms with E-state index in [4.69, 9.17) is 0 Å². The fourth-order valence-electron chi connectivity index (χ4n) is 1.98. The minimum Gasteiger partial charge on any atom is -0.375 e. The first-order valence-corrected chi connectivity index (χ1v) is 8.80. The molecule has 23 heavy (non-hydrogen) atoms. The van der Waals surface area contributed by atoms with Crippen LogP contribution in [0.25, 0.3) is 0 Å². The second-order valence-corrected chi connectivity index (χ2v) is 8.15. The van der Waals surface area contributed by atoms with Gasteiger partial charge in [-0.05, 0) is 45.4 Å². The van der Waals surface area contributed by atoms with E-state index in [0.717, 1.165) is 24.8 Å². The van der Waals surface area contributed by atoms with Crippen molar-refractivity contribution in [2.75, 3.05) is 7.05 Å². The number of nitrogens with zero attached hydrogens (tertiary/aromatic N) is 1. The van der Waals surface area contributed by atoms with E-state index in [1.165, 1.54) is 0 Å². The average molecular weight is 320 g/mol. The molecule has 0 amide bonds. The molecule has 0 aromatic carbocycles. The molecule has 0 rings (SSSR count). The Balaban J connectivity index is 4.77. The third-order valence-corrected chi connectivity index (χ3v) is 3.88. The molecule has 0 spiro atoms. The largest absolute Gasteiger partial charge is 0.375 e. The Morgan fingerprint density at radius 3 is 2.04 bits per heavy atom. The van der Waals surface area contributed by atoms with Crippen molar-refractivity contribution in [1.82, 2.24) is 4.90 Å². The summed E-state index contributed by atoms with van der Waals surface area (Å²) in [5.41, 5.74) is 0.811. The second-order valence-electron chi connectivity index (χ2n) is 8.15. The van der Waals surface area contributed by atoms with E-state index in [0.29, 0.717) is 6.42 Å². The zero-order valence-corrected chi connectivity index (χ0v) is 16.6. The van der Waals surface area contributed by atoms with Crippen LogP contribution in [0.15, 0.2) is 36.1 Å². The quantitative estimate of drug-likeness (QED) is 0.315. The van der Waals surface area contributed by atoms with Crippen molar-refractivity contribution in [3.8, 4) is 0 Å². The summed E-state index contributed by atoms with van der Waals surface area (Å²) < 4.78 is 0. The Morgan fingerprint density at radius 2 is 1.57 bits per heavy atom. The van der Waals surface area contributed by atoms with Crippen molar-refractivity contribution in [2.45, 2.75) is 79.7 Å². The van der Waals surface area contributed by atoms with E-state index in [9.17, 15) is 4.79 Å². The lowest BCUT2D eigenvalue weighted by Gasteiger charge is -2.33. The molecule has 0 fully saturated rings. The van der Waals surface area contributed by atoms with Crippen LogP contribution in [0.4, 0.5) is 0 Å². The Bertz CT molecular complexity index is 441. The molecule has 0 aliphatic carbocycles. The monoisotopic (exact) mass is 319 g/mol. The van der Waals surface area contributed by atoms with Crippen molar-refractivity contribution >= 4 is 5.78 Å². The summed E-state index contributed by atoms with van der Waals surface area (Å²) in [6.45, 7) is 14.9. The molecule has 0 aromatic rings. The Morgan fingerprint density at radius 1 is 1.00 bits per heavy atom. The normalized spacial score (nSPS) is 14.0. The van der Waals surface area contributed by atoms with E-state index < -0.39 is 0 Å². The number of Topliss-reactive ketones (excluding diaryl/α,β-unsaturated/α-hetero) is 1. The highest BCUT2D eigenvalue weighted by Crippen LogP contribution is 2.29. The molecule has 2 heteroatoms. The molecule has 0 atom stereocenters. The summed E-state index contributed by atoms with van der Waals surface area (Å²) in [7, 11) is 2.04. The zero-order chi connectivity index (χ0) is 18.1. The van der Waals surface area contributed by atoms with Crippen LogP contribution in [0.3, 0.4) is 0 Å². The van der Waals surface area contributed by atoms with E-state index in [2.05, 4.69) is 77.7 Å². The third-order valence-electron chi connectivity index (χ3n) is 3.88. The number of unbranched alkanes of at least 4 members (excludes halogenated alkanes) is 1. The number of hydrogen-bond donors (Lipinski definition) is 0. The van der Waals surface area contributed by atoms with Gasteiger partial charge in [0.1, 0.15) is 0 Å². The topological polar surface area (TPSA) is 20.3 Å². The Labute approximate surface area is 144 Å². The third kappa shape index (κ3) is 9.43. The maximum Gasteiger partial charge on any atom is 0.160 e. The van der Waals surface area contributed by atoms with Gasteiger partial charge in [-0.3, -0.25) is 4.79 Å². The molecule has 0 radical (unpaired) electrons. The zero-order valence-electron chi connectivity index (χ0n) is 16.6. The van der Waals surface area contributed by atoms with Gasteiger partial charge in [0.2, 0.25) is 0 Å². The van der Waals surface area contributed by atoms with Crippen LogP contribution in [0, 0.1) is 5.41 Å². The summed E-state index contributed by atoms with van der Waals surface area (Å²) in [4.78, 5) is 14.8. The van der Waals surface area contributed by atoms with Gasteiger partial charge in [0, 0.05) is 30.8 Å². The molecular formula is C21H37NO. The van der Waals surface area contributed by atoms with Crippen molar-refractivity contribution in [3.63, 3.8) is 0 Å². The number of ketones is 1. The lowest BCUT2D eigenvalue weighted by Crippen LogP contribution is -2.35. The first kappa shape index (κ1) is 21.7. The maximum absolute atomic E-state index is 12.7. The molecule has 0 bridgehead atoms. The van der Waals surface area contributed by atoms with Crippen LogP contribution in [0.5, 0.6) is 0 Å². The smallest absolute Gasteiger partial charge is 0.160 e. The molecule has 0 aliphatic rings. The Kier molecular flexibility index (Phi) is 9.19. The number of allylic oxidation sites excluding steroid dienone is 5. The average Bonchev–Trinajstić information content (AvgIpc) is 2.40. The highest BCUT2D eigenvalue weighted by atomic mass is 16.1. The van der Waals surface area contributed by atoms with Crippen molar-refractivity contribution < 1.29 is 4.79 Å². The summed E-state index contributed by atoms with van der Waals surface area (Å²) in [6.07, 6.45) is 14.0.